The summed E-state index contributed by atoms with van der Waals surface area (Å²) in [5.74, 6) is 1.70. The van der Waals surface area contributed by atoms with Gasteiger partial charge in [-0.3, -0.25) is 0 Å². The van der Waals surface area contributed by atoms with Gasteiger partial charge in [-0.25, -0.2) is 0 Å². The van der Waals surface area contributed by atoms with Crippen LogP contribution in [0.3, 0.4) is 0 Å². The van der Waals surface area contributed by atoms with Gasteiger partial charge < -0.3 is 14.6 Å². The number of hydrogen-bond acceptors (Lipinski definition) is 5. The second kappa shape index (κ2) is 5.36. The molecular weight excluding hydrogens is 230 g/mol. The molecule has 1 aliphatic rings. The van der Waals surface area contributed by atoms with Gasteiger partial charge in [0.25, 0.3) is 0 Å². The Morgan fingerprint density at radius 3 is 2.72 bits per heavy atom. The van der Waals surface area contributed by atoms with E-state index >= 15 is 0 Å². The smallest absolute Gasteiger partial charge is 0.231 e. The van der Waals surface area contributed by atoms with E-state index in [2.05, 4.69) is 15.5 Å². The third-order valence-corrected chi connectivity index (χ3v) is 3.94. The Balaban J connectivity index is 2.18. The van der Waals surface area contributed by atoms with Crippen molar-refractivity contribution >= 4 is 0 Å². The van der Waals surface area contributed by atoms with Gasteiger partial charge in [0.15, 0.2) is 0 Å². The summed E-state index contributed by atoms with van der Waals surface area (Å²) in [7, 11) is 3.66. The van der Waals surface area contributed by atoms with Crippen molar-refractivity contribution in [3.05, 3.63) is 11.7 Å². The zero-order valence-electron chi connectivity index (χ0n) is 11.7. The molecule has 1 aliphatic carbocycles. The van der Waals surface area contributed by atoms with Gasteiger partial charge in [0.1, 0.15) is 5.60 Å². The van der Waals surface area contributed by atoms with Gasteiger partial charge in [-0.1, -0.05) is 18.0 Å². The lowest BCUT2D eigenvalue weighted by atomic mass is 9.84. The van der Waals surface area contributed by atoms with Crippen molar-refractivity contribution in [1.82, 2.24) is 15.5 Å². The molecule has 18 heavy (non-hydrogen) atoms. The molecule has 5 heteroatoms. The van der Waals surface area contributed by atoms with Gasteiger partial charge in [-0.2, -0.15) is 4.98 Å². The Morgan fingerprint density at radius 1 is 1.33 bits per heavy atom. The highest BCUT2D eigenvalue weighted by Crippen LogP contribution is 2.33. The van der Waals surface area contributed by atoms with Crippen LogP contribution in [0.1, 0.15) is 57.2 Å². The van der Waals surface area contributed by atoms with E-state index in [-0.39, 0.29) is 0 Å². The molecule has 1 heterocycles. The van der Waals surface area contributed by atoms with Crippen molar-refractivity contribution in [2.45, 2.75) is 57.1 Å². The molecule has 2 rings (SSSR count). The summed E-state index contributed by atoms with van der Waals surface area (Å²) in [6.45, 7) is 3.89. The predicted octanol–water partition coefficient (Wildman–Crippen LogP) is 2.20. The van der Waals surface area contributed by atoms with Crippen LogP contribution in [0.5, 0.6) is 0 Å². The fourth-order valence-electron chi connectivity index (χ4n) is 2.49. The summed E-state index contributed by atoms with van der Waals surface area (Å²) >= 11 is 0. The van der Waals surface area contributed by atoms with Crippen LogP contribution in [0.15, 0.2) is 4.52 Å². The maximum absolute atomic E-state index is 5.44. The predicted molar refractivity (Wildman–Crippen MR) is 68.4 cm³/mol. The number of nitrogens with zero attached hydrogens (tertiary/aromatic N) is 2. The van der Waals surface area contributed by atoms with Crippen LogP contribution < -0.4 is 5.32 Å². The van der Waals surface area contributed by atoms with Gasteiger partial charge in [-0.15, -0.1) is 0 Å². The molecule has 0 spiro atoms. The van der Waals surface area contributed by atoms with Gasteiger partial charge in [0.05, 0.1) is 5.92 Å². The lowest BCUT2D eigenvalue weighted by molar-refractivity contribution is 0.00973. The summed E-state index contributed by atoms with van der Waals surface area (Å²) in [5, 5.41) is 7.42. The average Bonchev–Trinajstić information content (AvgIpc) is 2.89. The van der Waals surface area contributed by atoms with Crippen LogP contribution in [-0.2, 0) is 10.3 Å². The zero-order valence-corrected chi connectivity index (χ0v) is 11.7. The minimum atomic E-state index is -0.494. The first-order valence-electron chi connectivity index (χ1n) is 6.65. The summed E-state index contributed by atoms with van der Waals surface area (Å²) in [5.41, 5.74) is -0.494. The molecule has 0 radical (unpaired) electrons. The molecule has 1 N–H and O–H groups in total. The van der Waals surface area contributed by atoms with Crippen molar-refractivity contribution < 1.29 is 9.26 Å². The topological polar surface area (TPSA) is 60.2 Å². The first-order valence-corrected chi connectivity index (χ1v) is 6.65. The standard InChI is InChI=1S/C13H23N3O2/c1-13(2,17-4)12-15-11(18-16-12)9-7-5-6-8-10(9)14-3/h9-10,14H,5-8H2,1-4H3. The Labute approximate surface area is 108 Å². The van der Waals surface area contributed by atoms with E-state index in [1.54, 1.807) is 7.11 Å². The monoisotopic (exact) mass is 253 g/mol. The van der Waals surface area contributed by atoms with Gasteiger partial charge in [0, 0.05) is 13.2 Å². The number of hydrogen-bond donors (Lipinski definition) is 1. The van der Waals surface area contributed by atoms with Gasteiger partial charge in [-0.05, 0) is 33.7 Å². The highest BCUT2D eigenvalue weighted by molar-refractivity contribution is 5.04. The first-order chi connectivity index (χ1) is 8.58. The van der Waals surface area contributed by atoms with Gasteiger partial charge >= 0.3 is 0 Å². The third kappa shape index (κ3) is 2.57. The molecule has 0 saturated heterocycles. The van der Waals surface area contributed by atoms with Crippen LogP contribution >= 0.6 is 0 Å². The first kappa shape index (κ1) is 13.5. The second-order valence-corrected chi connectivity index (χ2v) is 5.46. The Bertz CT molecular complexity index is 389. The van der Waals surface area contributed by atoms with Crippen molar-refractivity contribution in [3.63, 3.8) is 0 Å². The number of aromatic nitrogens is 2. The average molecular weight is 253 g/mol. The molecule has 0 aromatic carbocycles. The highest BCUT2D eigenvalue weighted by atomic mass is 16.5. The summed E-state index contributed by atoms with van der Waals surface area (Å²) in [6, 6.07) is 0.442. The van der Waals surface area contributed by atoms with Crippen LogP contribution in [0.2, 0.25) is 0 Å². The number of ether oxygens (including phenoxy) is 1. The summed E-state index contributed by atoms with van der Waals surface area (Å²) in [4.78, 5) is 4.53. The molecule has 2 atom stereocenters. The van der Waals surface area contributed by atoms with Crippen molar-refractivity contribution in [2.24, 2.45) is 0 Å². The molecule has 1 fully saturated rings. The fourth-order valence-corrected chi connectivity index (χ4v) is 2.49. The molecule has 1 aromatic heterocycles. The maximum atomic E-state index is 5.44. The summed E-state index contributed by atoms with van der Waals surface area (Å²) < 4.78 is 10.8. The Kier molecular flexibility index (Phi) is 4.02. The molecule has 0 amide bonds. The molecule has 1 aromatic rings. The lowest BCUT2D eigenvalue weighted by Gasteiger charge is -2.28. The van der Waals surface area contributed by atoms with Crippen LogP contribution in [0.4, 0.5) is 0 Å². The number of nitrogens with one attached hydrogen (secondary N) is 1. The van der Waals surface area contributed by atoms with Gasteiger partial charge in [0.2, 0.25) is 11.7 Å². The van der Waals surface area contributed by atoms with Crippen LogP contribution in [0, 0.1) is 0 Å². The van der Waals surface area contributed by atoms with Crippen LogP contribution in [-0.4, -0.2) is 30.3 Å². The molecule has 0 aliphatic heterocycles. The highest BCUT2D eigenvalue weighted by Gasteiger charge is 2.32. The van der Waals surface area contributed by atoms with E-state index < -0.39 is 5.60 Å². The minimum Gasteiger partial charge on any atom is -0.371 e. The number of methoxy groups -OCH3 is 1. The van der Waals surface area contributed by atoms with E-state index in [9.17, 15) is 0 Å². The molecule has 0 bridgehead atoms. The fraction of sp³-hybridized carbons (Fsp3) is 0.846. The van der Waals surface area contributed by atoms with Crippen LogP contribution in [0.25, 0.3) is 0 Å². The van der Waals surface area contributed by atoms with Crippen molar-refractivity contribution in [1.29, 1.82) is 0 Å². The quantitative estimate of drug-likeness (QED) is 0.891. The molecule has 102 valence electrons. The second-order valence-electron chi connectivity index (χ2n) is 5.46. The molecule has 5 nitrogen and oxygen atoms in total. The normalized spacial score (nSPS) is 25.3. The minimum absolute atomic E-state index is 0.331. The lowest BCUT2D eigenvalue weighted by Crippen LogP contribution is -2.34. The largest absolute Gasteiger partial charge is 0.371 e. The summed E-state index contributed by atoms with van der Waals surface area (Å²) in [6.07, 6.45) is 4.79. The SMILES string of the molecule is CNC1CCCCC1c1nc(C(C)(C)OC)no1. The van der Waals surface area contributed by atoms with E-state index in [0.717, 1.165) is 12.3 Å². The maximum Gasteiger partial charge on any atom is 0.231 e. The Hall–Kier alpha value is -0.940. The Morgan fingerprint density at radius 2 is 2.06 bits per heavy atom. The number of likely N-dealkylation sites (N-methyl/N-ethyl adjacent to an activating group) is 1. The van der Waals surface area contributed by atoms with E-state index in [4.69, 9.17) is 9.26 Å². The molecular formula is C13H23N3O2. The van der Waals surface area contributed by atoms with E-state index in [1.807, 2.05) is 20.9 Å². The van der Waals surface area contributed by atoms with Crippen molar-refractivity contribution in [3.8, 4) is 0 Å². The molecule has 2 unspecified atom stereocenters. The van der Waals surface area contributed by atoms with E-state index in [1.165, 1.54) is 19.3 Å². The zero-order chi connectivity index (χ0) is 13.2. The van der Waals surface area contributed by atoms with Crippen molar-refractivity contribution in [2.75, 3.05) is 14.2 Å². The number of rotatable bonds is 4. The third-order valence-electron chi connectivity index (χ3n) is 3.94. The molecule has 1 saturated carbocycles. The van der Waals surface area contributed by atoms with E-state index in [0.29, 0.717) is 17.8 Å².